The Morgan fingerprint density at radius 1 is 1.04 bits per heavy atom. The van der Waals surface area contributed by atoms with Crippen LogP contribution in [0.15, 0.2) is 47.4 Å². The highest BCUT2D eigenvalue weighted by Gasteiger charge is 2.52. The second-order valence-electron chi connectivity index (χ2n) is 13.2. The number of piperidine rings is 2. The van der Waals surface area contributed by atoms with Gasteiger partial charge in [-0.15, -0.1) is 0 Å². The van der Waals surface area contributed by atoms with Gasteiger partial charge in [0.25, 0.3) is 5.92 Å². The van der Waals surface area contributed by atoms with Gasteiger partial charge < -0.3 is 15.4 Å². The van der Waals surface area contributed by atoms with E-state index >= 15 is 4.39 Å². The molecule has 246 valence electrons. The molecule has 2 N–H and O–H groups in total. The zero-order valence-corrected chi connectivity index (χ0v) is 26.8. The summed E-state index contributed by atoms with van der Waals surface area (Å²) in [5, 5.41) is 5.97. The molecule has 3 aliphatic rings. The van der Waals surface area contributed by atoms with Crippen molar-refractivity contribution in [1.82, 2.24) is 19.8 Å². The van der Waals surface area contributed by atoms with Gasteiger partial charge in [0.15, 0.2) is 0 Å². The summed E-state index contributed by atoms with van der Waals surface area (Å²) in [6.07, 6.45) is 0.456. The lowest BCUT2D eigenvalue weighted by Gasteiger charge is -2.36. The van der Waals surface area contributed by atoms with Gasteiger partial charge in [0.05, 0.1) is 11.1 Å². The van der Waals surface area contributed by atoms with E-state index in [0.29, 0.717) is 16.7 Å². The molecule has 0 spiro atoms. The molecule has 2 amide bonds. The number of likely N-dealkylation sites (N-methyl/N-ethyl adjacent to an activating group) is 1. The number of hydrogen-bond donors (Lipinski definition) is 2. The highest BCUT2D eigenvalue weighted by Crippen LogP contribution is 2.43. The van der Waals surface area contributed by atoms with Crippen LogP contribution in [0.2, 0.25) is 0 Å². The molecule has 2 aromatic rings. The number of carbonyl (C=O) groups is 2. The van der Waals surface area contributed by atoms with Crippen molar-refractivity contribution in [2.45, 2.75) is 94.0 Å². The number of fused-ring (bicyclic) bond motifs is 2. The number of nitrogens with one attached hydrogen (secondary N) is 2. The minimum absolute atomic E-state index is 0.0121. The third kappa shape index (κ3) is 7.30. The summed E-state index contributed by atoms with van der Waals surface area (Å²) in [6, 6.07) is 9.89. The first-order chi connectivity index (χ1) is 21.1. The summed E-state index contributed by atoms with van der Waals surface area (Å²) in [7, 11) is -2.26. The molecule has 45 heavy (non-hydrogen) atoms. The number of sulfonamides is 1. The van der Waals surface area contributed by atoms with Crippen molar-refractivity contribution in [3.05, 3.63) is 53.8 Å². The van der Waals surface area contributed by atoms with Crippen LogP contribution in [0.4, 0.5) is 18.0 Å². The number of ether oxygens (including phenoxy) is 1. The number of benzene rings is 2. The fourth-order valence-corrected chi connectivity index (χ4v) is 7.96. The average molecular weight is 651 g/mol. The molecule has 5 rings (SSSR count). The lowest BCUT2D eigenvalue weighted by Crippen LogP contribution is -2.57. The van der Waals surface area contributed by atoms with Crippen LogP contribution in [0.3, 0.4) is 0 Å². The van der Waals surface area contributed by atoms with Crippen molar-refractivity contribution < 1.29 is 35.9 Å². The Morgan fingerprint density at radius 3 is 2.29 bits per heavy atom. The molecule has 2 saturated heterocycles. The Bertz CT molecular complexity index is 1520. The number of nitrogens with zero attached hydrogens (tertiary/aromatic N) is 2. The fourth-order valence-electron chi connectivity index (χ4n) is 6.52. The molecule has 4 atom stereocenters. The van der Waals surface area contributed by atoms with Gasteiger partial charge in [0.2, 0.25) is 15.9 Å². The van der Waals surface area contributed by atoms with Crippen molar-refractivity contribution in [3.8, 4) is 11.1 Å². The van der Waals surface area contributed by atoms with Gasteiger partial charge in [-0.25, -0.2) is 26.4 Å². The summed E-state index contributed by atoms with van der Waals surface area (Å²) < 4.78 is 74.9. The first-order valence-electron chi connectivity index (χ1n) is 15.3. The van der Waals surface area contributed by atoms with Gasteiger partial charge in [-0.2, -0.15) is 4.31 Å². The van der Waals surface area contributed by atoms with Crippen molar-refractivity contribution in [2.75, 3.05) is 20.1 Å². The second-order valence-corrected chi connectivity index (χ2v) is 15.1. The zero-order chi connectivity index (χ0) is 32.7. The number of rotatable bonds is 8. The summed E-state index contributed by atoms with van der Waals surface area (Å²) in [6.45, 7) is 4.86. The Kier molecular flexibility index (Phi) is 9.27. The predicted octanol–water partition coefficient (Wildman–Crippen LogP) is 4.90. The summed E-state index contributed by atoms with van der Waals surface area (Å²) in [5.74, 6) is -3.62. The highest BCUT2D eigenvalue weighted by molar-refractivity contribution is 7.89. The van der Waals surface area contributed by atoms with Crippen molar-refractivity contribution >= 4 is 22.0 Å². The highest BCUT2D eigenvalue weighted by atomic mass is 32.2. The van der Waals surface area contributed by atoms with E-state index in [1.54, 1.807) is 57.0 Å². The van der Waals surface area contributed by atoms with E-state index in [1.165, 1.54) is 18.2 Å². The van der Waals surface area contributed by atoms with Crippen molar-refractivity contribution in [2.24, 2.45) is 5.92 Å². The van der Waals surface area contributed by atoms with Gasteiger partial charge in [-0.3, -0.25) is 9.69 Å². The second kappa shape index (κ2) is 12.6. The van der Waals surface area contributed by atoms with Gasteiger partial charge in [0, 0.05) is 38.4 Å². The third-order valence-electron chi connectivity index (χ3n) is 8.88. The topological polar surface area (TPSA) is 108 Å². The standard InChI is InChI=1S/C32H41F3N4O5S/c1-31(2,3)44-30(41)39-24-10-7-23(17-24)28(39)29(40)37-27(36-4)19-22-6-5-21(18-26(22)33)20-8-11-25(12-9-20)45(42,43)38-15-13-32(34,35)14-16-38/h5-6,8-9,11-12,18,23-24,27-28,36H,7,10,13-17,19H2,1-4H3,(H,37,40). The number of likely N-dealkylation sites (tertiary alicyclic amines) is 1. The van der Waals surface area contributed by atoms with Crippen LogP contribution in [-0.4, -0.2) is 79.5 Å². The molecule has 13 heteroatoms. The molecule has 1 saturated carbocycles. The molecule has 0 radical (unpaired) electrons. The number of alkyl halides is 2. The molecule has 9 nitrogen and oxygen atoms in total. The number of amides is 2. The maximum absolute atomic E-state index is 15.3. The Balaban J connectivity index is 1.23. The minimum atomic E-state index is -3.92. The minimum Gasteiger partial charge on any atom is -0.444 e. The lowest BCUT2D eigenvalue weighted by molar-refractivity contribution is -0.128. The summed E-state index contributed by atoms with van der Waals surface area (Å²) in [5.41, 5.74) is 0.781. The molecule has 2 bridgehead atoms. The summed E-state index contributed by atoms with van der Waals surface area (Å²) >= 11 is 0. The van der Waals surface area contributed by atoms with E-state index in [4.69, 9.17) is 4.74 Å². The Labute approximate surface area is 262 Å². The molecule has 3 fully saturated rings. The number of halogens is 3. The molecule has 0 aromatic heterocycles. The van der Waals surface area contributed by atoms with Crippen LogP contribution in [0.5, 0.6) is 0 Å². The van der Waals surface area contributed by atoms with E-state index in [2.05, 4.69) is 10.6 Å². The normalized spacial score (nSPS) is 24.0. The molecule has 4 unspecified atom stereocenters. The van der Waals surface area contributed by atoms with E-state index in [0.717, 1.165) is 23.6 Å². The quantitative estimate of drug-likeness (QED) is 0.394. The molecule has 2 heterocycles. The van der Waals surface area contributed by atoms with Crippen LogP contribution in [-0.2, 0) is 26.0 Å². The summed E-state index contributed by atoms with van der Waals surface area (Å²) in [4.78, 5) is 28.0. The monoisotopic (exact) mass is 650 g/mol. The zero-order valence-electron chi connectivity index (χ0n) is 26.0. The van der Waals surface area contributed by atoms with Gasteiger partial charge in [-0.1, -0.05) is 24.3 Å². The van der Waals surface area contributed by atoms with Crippen LogP contribution in [0, 0.1) is 11.7 Å². The predicted molar refractivity (Wildman–Crippen MR) is 162 cm³/mol. The van der Waals surface area contributed by atoms with Crippen molar-refractivity contribution in [3.63, 3.8) is 0 Å². The van der Waals surface area contributed by atoms with Crippen LogP contribution >= 0.6 is 0 Å². The number of carbonyl (C=O) groups excluding carboxylic acids is 2. The Hall–Kier alpha value is -3.16. The van der Waals surface area contributed by atoms with Gasteiger partial charge >= 0.3 is 6.09 Å². The maximum Gasteiger partial charge on any atom is 0.411 e. The molecule has 2 aromatic carbocycles. The van der Waals surface area contributed by atoms with Gasteiger partial charge in [0.1, 0.15) is 17.5 Å². The van der Waals surface area contributed by atoms with Gasteiger partial charge in [-0.05, 0) is 87.9 Å². The maximum atomic E-state index is 15.3. The molecular weight excluding hydrogens is 609 g/mol. The van der Waals surface area contributed by atoms with E-state index < -0.39 is 58.5 Å². The number of hydrogen-bond acceptors (Lipinski definition) is 6. The molecule has 1 aliphatic carbocycles. The largest absolute Gasteiger partial charge is 0.444 e. The first kappa shape index (κ1) is 33.2. The third-order valence-corrected chi connectivity index (χ3v) is 10.8. The van der Waals surface area contributed by atoms with Crippen molar-refractivity contribution in [1.29, 1.82) is 0 Å². The van der Waals surface area contributed by atoms with E-state index in [1.807, 2.05) is 0 Å². The lowest BCUT2D eigenvalue weighted by atomic mass is 9.97. The van der Waals surface area contributed by atoms with Crippen LogP contribution < -0.4 is 10.6 Å². The van der Waals surface area contributed by atoms with E-state index in [-0.39, 0.29) is 42.3 Å². The van der Waals surface area contributed by atoms with E-state index in [9.17, 15) is 26.8 Å². The first-order valence-corrected chi connectivity index (χ1v) is 16.8. The van der Waals surface area contributed by atoms with Crippen LogP contribution in [0.1, 0.15) is 58.4 Å². The average Bonchev–Trinajstić information content (AvgIpc) is 3.59. The smallest absolute Gasteiger partial charge is 0.411 e. The van der Waals surface area contributed by atoms with Crippen LogP contribution in [0.25, 0.3) is 11.1 Å². The fraction of sp³-hybridized carbons (Fsp3) is 0.562. The SMILES string of the molecule is CNC(Cc1ccc(-c2ccc(S(=O)(=O)N3CCC(F)(F)CC3)cc2)cc1F)NC(=O)C1C2CCC(C2)N1C(=O)OC(C)(C)C. The molecule has 2 aliphatic heterocycles. The molecular formula is C32H41F3N4O5S. The Morgan fingerprint density at radius 2 is 1.69 bits per heavy atom.